The van der Waals surface area contributed by atoms with Crippen LogP contribution in [-0.2, 0) is 0 Å². The van der Waals surface area contributed by atoms with Gasteiger partial charge in [-0.25, -0.2) is 0 Å². The fraction of sp³-hybridized carbons (Fsp3) is 0.286. The number of halogens is 1. The van der Waals surface area contributed by atoms with E-state index in [0.717, 1.165) is 28.0 Å². The van der Waals surface area contributed by atoms with E-state index in [0.29, 0.717) is 0 Å². The summed E-state index contributed by atoms with van der Waals surface area (Å²) >= 11 is 3.55. The lowest BCUT2D eigenvalue weighted by molar-refractivity contribution is 0.411. The summed E-state index contributed by atoms with van der Waals surface area (Å²) in [5, 5.41) is 3.42. The number of nitrogens with one attached hydrogen (secondary N) is 1. The molecule has 0 radical (unpaired) electrons. The highest BCUT2D eigenvalue weighted by atomic mass is 79.9. The molecule has 0 saturated heterocycles. The number of ether oxygens (including phenoxy) is 1. The molecular weight excluding hydrogens is 306 g/mol. The van der Waals surface area contributed by atoms with Crippen molar-refractivity contribution in [1.82, 2.24) is 15.3 Å². The summed E-state index contributed by atoms with van der Waals surface area (Å²) in [6, 6.07) is 5.85. The lowest BCUT2D eigenvalue weighted by atomic mass is 10.0. The molecule has 1 atom stereocenters. The Balaban J connectivity index is 2.42. The summed E-state index contributed by atoms with van der Waals surface area (Å²) < 4.78 is 6.20. The lowest BCUT2D eigenvalue weighted by Crippen LogP contribution is -2.23. The average Bonchev–Trinajstić information content (AvgIpc) is 2.46. The minimum Gasteiger partial charge on any atom is -0.495 e. The molecule has 0 aliphatic rings. The highest BCUT2D eigenvalue weighted by molar-refractivity contribution is 9.10. The van der Waals surface area contributed by atoms with Crippen LogP contribution in [0, 0.1) is 0 Å². The Morgan fingerprint density at radius 1 is 1.42 bits per heavy atom. The minimum atomic E-state index is -0.0109. The van der Waals surface area contributed by atoms with Crippen LogP contribution in [0.15, 0.2) is 41.3 Å². The van der Waals surface area contributed by atoms with Crippen molar-refractivity contribution in [2.45, 2.75) is 13.0 Å². The van der Waals surface area contributed by atoms with E-state index in [1.165, 1.54) is 0 Å². The van der Waals surface area contributed by atoms with Crippen LogP contribution in [0.1, 0.15) is 24.2 Å². The van der Waals surface area contributed by atoms with Gasteiger partial charge in [0.05, 0.1) is 25.0 Å². The predicted octanol–water partition coefficient (Wildman–Crippen LogP) is 2.95. The summed E-state index contributed by atoms with van der Waals surface area (Å²) in [5.74, 6) is 0.743. The third kappa shape index (κ3) is 3.30. The summed E-state index contributed by atoms with van der Waals surface area (Å²) in [4.78, 5) is 8.66. The Morgan fingerprint density at radius 2 is 2.26 bits per heavy atom. The van der Waals surface area contributed by atoms with Crippen LogP contribution in [0.2, 0.25) is 0 Å². The van der Waals surface area contributed by atoms with Crippen molar-refractivity contribution in [3.8, 4) is 5.75 Å². The van der Waals surface area contributed by atoms with E-state index in [1.807, 2.05) is 24.4 Å². The molecule has 2 aromatic rings. The quantitative estimate of drug-likeness (QED) is 0.919. The molecule has 4 nitrogen and oxygen atoms in total. The standard InChI is InChI=1S/C14H16BrN3O/c1-3-17-13(14-12(15)5-4-6-18-14)10-7-11(19-2)9-16-8-10/h4-9,13,17H,3H2,1-2H3. The second-order valence-electron chi connectivity index (χ2n) is 4.02. The first-order valence-corrected chi connectivity index (χ1v) is 6.88. The summed E-state index contributed by atoms with van der Waals surface area (Å²) in [6.45, 7) is 2.91. The average molecular weight is 322 g/mol. The number of pyridine rings is 2. The monoisotopic (exact) mass is 321 g/mol. The van der Waals surface area contributed by atoms with Gasteiger partial charge < -0.3 is 10.1 Å². The predicted molar refractivity (Wildman–Crippen MR) is 78.2 cm³/mol. The molecule has 0 aromatic carbocycles. The zero-order valence-electron chi connectivity index (χ0n) is 10.9. The van der Waals surface area contributed by atoms with Crippen molar-refractivity contribution in [3.63, 3.8) is 0 Å². The number of hydrogen-bond donors (Lipinski definition) is 1. The molecule has 0 amide bonds. The fourth-order valence-corrected chi connectivity index (χ4v) is 2.38. The van der Waals surface area contributed by atoms with Crippen molar-refractivity contribution in [3.05, 3.63) is 52.5 Å². The third-order valence-electron chi connectivity index (χ3n) is 2.77. The smallest absolute Gasteiger partial charge is 0.137 e. The summed E-state index contributed by atoms with van der Waals surface area (Å²) in [7, 11) is 1.64. The van der Waals surface area contributed by atoms with Crippen LogP contribution in [0.5, 0.6) is 5.75 Å². The number of hydrogen-bond acceptors (Lipinski definition) is 4. The second-order valence-corrected chi connectivity index (χ2v) is 4.87. The first kappa shape index (κ1) is 14.0. The molecule has 0 spiro atoms. The van der Waals surface area contributed by atoms with Gasteiger partial charge in [0.15, 0.2) is 0 Å². The summed E-state index contributed by atoms with van der Waals surface area (Å²) in [6.07, 6.45) is 5.31. The van der Waals surface area contributed by atoms with Gasteiger partial charge in [0, 0.05) is 16.9 Å². The normalized spacial score (nSPS) is 12.2. The van der Waals surface area contributed by atoms with Gasteiger partial charge >= 0.3 is 0 Å². The maximum atomic E-state index is 5.23. The van der Waals surface area contributed by atoms with Crippen molar-refractivity contribution in [2.24, 2.45) is 0 Å². The largest absolute Gasteiger partial charge is 0.495 e. The third-order valence-corrected chi connectivity index (χ3v) is 3.44. The molecule has 1 N–H and O–H groups in total. The maximum Gasteiger partial charge on any atom is 0.137 e. The topological polar surface area (TPSA) is 47.0 Å². The van der Waals surface area contributed by atoms with Crippen LogP contribution in [0.25, 0.3) is 0 Å². The molecule has 2 rings (SSSR count). The Morgan fingerprint density at radius 3 is 2.95 bits per heavy atom. The van der Waals surface area contributed by atoms with Gasteiger partial charge in [0.25, 0.3) is 0 Å². The van der Waals surface area contributed by atoms with Crippen LogP contribution in [-0.4, -0.2) is 23.6 Å². The van der Waals surface area contributed by atoms with Crippen LogP contribution in [0.3, 0.4) is 0 Å². The van der Waals surface area contributed by atoms with Crippen molar-refractivity contribution >= 4 is 15.9 Å². The van der Waals surface area contributed by atoms with Crippen LogP contribution in [0.4, 0.5) is 0 Å². The lowest BCUT2D eigenvalue weighted by Gasteiger charge is -2.19. The molecule has 19 heavy (non-hydrogen) atoms. The molecule has 1 unspecified atom stereocenters. The SMILES string of the molecule is CCNC(c1cncc(OC)c1)c1ncccc1Br. The van der Waals surface area contributed by atoms with Crippen molar-refractivity contribution in [1.29, 1.82) is 0 Å². The van der Waals surface area contributed by atoms with Gasteiger partial charge in [-0.05, 0) is 46.2 Å². The Labute approximate surface area is 121 Å². The molecule has 2 aromatic heterocycles. The van der Waals surface area contributed by atoms with Crippen molar-refractivity contribution in [2.75, 3.05) is 13.7 Å². The van der Waals surface area contributed by atoms with E-state index in [4.69, 9.17) is 4.74 Å². The number of rotatable bonds is 5. The molecule has 0 aliphatic carbocycles. The van der Waals surface area contributed by atoms with Gasteiger partial charge in [0.1, 0.15) is 5.75 Å². The Kier molecular flexibility index (Phi) is 4.87. The van der Waals surface area contributed by atoms with Crippen LogP contribution < -0.4 is 10.1 Å². The molecular formula is C14H16BrN3O. The summed E-state index contributed by atoms with van der Waals surface area (Å²) in [5.41, 5.74) is 1.97. The molecule has 2 heterocycles. The number of aromatic nitrogens is 2. The van der Waals surface area contributed by atoms with E-state index in [1.54, 1.807) is 19.5 Å². The molecule has 0 aliphatic heterocycles. The Hall–Kier alpha value is -1.46. The second kappa shape index (κ2) is 6.63. The number of nitrogens with zero attached hydrogens (tertiary/aromatic N) is 2. The van der Waals surface area contributed by atoms with E-state index in [2.05, 4.69) is 38.1 Å². The van der Waals surface area contributed by atoms with Gasteiger partial charge in [-0.2, -0.15) is 0 Å². The molecule has 5 heteroatoms. The fourth-order valence-electron chi connectivity index (χ4n) is 1.89. The van der Waals surface area contributed by atoms with Gasteiger partial charge in [-0.15, -0.1) is 0 Å². The van der Waals surface area contributed by atoms with E-state index in [9.17, 15) is 0 Å². The molecule has 0 bridgehead atoms. The zero-order chi connectivity index (χ0) is 13.7. The molecule has 100 valence electrons. The van der Waals surface area contributed by atoms with E-state index in [-0.39, 0.29) is 6.04 Å². The molecule has 0 saturated carbocycles. The van der Waals surface area contributed by atoms with Crippen molar-refractivity contribution < 1.29 is 4.74 Å². The highest BCUT2D eigenvalue weighted by Crippen LogP contribution is 2.27. The minimum absolute atomic E-state index is 0.0109. The van der Waals surface area contributed by atoms with E-state index >= 15 is 0 Å². The molecule has 0 fully saturated rings. The van der Waals surface area contributed by atoms with Gasteiger partial charge in [0.2, 0.25) is 0 Å². The zero-order valence-corrected chi connectivity index (χ0v) is 12.5. The first-order chi connectivity index (χ1) is 9.26. The van der Waals surface area contributed by atoms with Gasteiger partial charge in [-0.1, -0.05) is 6.92 Å². The van der Waals surface area contributed by atoms with Gasteiger partial charge in [-0.3, -0.25) is 9.97 Å². The first-order valence-electron chi connectivity index (χ1n) is 6.09. The number of methoxy groups -OCH3 is 1. The van der Waals surface area contributed by atoms with E-state index < -0.39 is 0 Å². The Bertz CT molecular complexity index is 548. The van der Waals surface area contributed by atoms with Crippen LogP contribution >= 0.6 is 15.9 Å². The highest BCUT2D eigenvalue weighted by Gasteiger charge is 2.17. The maximum absolute atomic E-state index is 5.23.